The Morgan fingerprint density at radius 1 is 1.39 bits per heavy atom. The van der Waals surface area contributed by atoms with Gasteiger partial charge in [0.15, 0.2) is 11.5 Å². The van der Waals surface area contributed by atoms with E-state index in [0.717, 1.165) is 12.8 Å². The summed E-state index contributed by atoms with van der Waals surface area (Å²) >= 11 is 0. The fourth-order valence-electron chi connectivity index (χ4n) is 2.41. The first-order valence-corrected chi connectivity index (χ1v) is 7.09. The molecule has 2 rings (SSSR count). The van der Waals surface area contributed by atoms with E-state index in [1.807, 2.05) is 6.07 Å². The summed E-state index contributed by atoms with van der Waals surface area (Å²) in [6.07, 6.45) is 3.04. The highest BCUT2D eigenvalue weighted by Gasteiger charge is 2.22. The molecule has 7 heteroatoms. The molecule has 1 aromatic carbocycles. The first kappa shape index (κ1) is 16.7. The van der Waals surface area contributed by atoms with Crippen molar-refractivity contribution in [1.82, 2.24) is 4.90 Å². The van der Waals surface area contributed by atoms with Gasteiger partial charge in [0.1, 0.15) is 11.6 Å². The van der Waals surface area contributed by atoms with Crippen molar-refractivity contribution < 1.29 is 23.0 Å². The van der Waals surface area contributed by atoms with Crippen LogP contribution in [0, 0.1) is 11.3 Å². The van der Waals surface area contributed by atoms with Crippen molar-refractivity contribution in [3.05, 3.63) is 29.3 Å². The average molecular weight is 322 g/mol. The van der Waals surface area contributed by atoms with E-state index < -0.39 is 12.5 Å². The molecule has 0 radical (unpaired) electrons. The normalized spacial score (nSPS) is 14.7. The molecule has 23 heavy (non-hydrogen) atoms. The number of hydrogen-bond donors (Lipinski definition) is 0. The maximum Gasteiger partial charge on any atom is 0.387 e. The molecule has 1 heterocycles. The Balaban J connectivity index is 2.39. The minimum Gasteiger partial charge on any atom is -0.493 e. The predicted octanol–water partition coefficient (Wildman–Crippen LogP) is 2.83. The van der Waals surface area contributed by atoms with E-state index >= 15 is 0 Å². The fourth-order valence-corrected chi connectivity index (χ4v) is 2.41. The van der Waals surface area contributed by atoms with Gasteiger partial charge in [0.2, 0.25) is 0 Å². The Morgan fingerprint density at radius 3 is 2.65 bits per heavy atom. The lowest BCUT2D eigenvalue weighted by molar-refractivity contribution is -0.125. The van der Waals surface area contributed by atoms with E-state index in [-0.39, 0.29) is 22.6 Å². The summed E-state index contributed by atoms with van der Waals surface area (Å²) in [5.41, 5.74) is 0.0630. The molecule has 0 saturated carbocycles. The molecule has 0 N–H and O–H groups in total. The number of para-hydroxylation sites is 1. The maximum atomic E-state index is 12.6. The van der Waals surface area contributed by atoms with Crippen molar-refractivity contribution in [2.24, 2.45) is 0 Å². The number of methoxy groups -OCH3 is 1. The van der Waals surface area contributed by atoms with Crippen LogP contribution in [0.3, 0.4) is 0 Å². The zero-order chi connectivity index (χ0) is 16.8. The Labute approximate surface area is 132 Å². The zero-order valence-electron chi connectivity index (χ0n) is 12.6. The number of benzene rings is 1. The van der Waals surface area contributed by atoms with Crippen LogP contribution in [0.25, 0.3) is 6.08 Å². The van der Waals surface area contributed by atoms with Gasteiger partial charge < -0.3 is 14.4 Å². The molecule has 0 unspecified atom stereocenters. The molecule has 0 aliphatic carbocycles. The monoisotopic (exact) mass is 322 g/mol. The molecule has 1 aromatic rings. The van der Waals surface area contributed by atoms with E-state index in [4.69, 9.17) is 4.74 Å². The number of rotatable bonds is 5. The van der Waals surface area contributed by atoms with Gasteiger partial charge in [-0.3, -0.25) is 4.79 Å². The number of carbonyl (C=O) groups is 1. The van der Waals surface area contributed by atoms with Crippen LogP contribution in [0.5, 0.6) is 11.5 Å². The number of halogens is 2. The Bertz CT molecular complexity index is 647. The van der Waals surface area contributed by atoms with Crippen LogP contribution in [-0.4, -0.2) is 37.6 Å². The number of nitriles is 1. The summed E-state index contributed by atoms with van der Waals surface area (Å²) in [6, 6.07) is 6.34. The van der Waals surface area contributed by atoms with Gasteiger partial charge in [-0.1, -0.05) is 12.1 Å². The van der Waals surface area contributed by atoms with Crippen molar-refractivity contribution in [3.8, 4) is 17.6 Å². The van der Waals surface area contributed by atoms with E-state index in [1.165, 1.54) is 25.3 Å². The lowest BCUT2D eigenvalue weighted by atomic mass is 10.1. The molecule has 0 atom stereocenters. The molecule has 1 amide bonds. The van der Waals surface area contributed by atoms with E-state index in [1.54, 1.807) is 11.0 Å². The summed E-state index contributed by atoms with van der Waals surface area (Å²) in [4.78, 5) is 13.9. The predicted molar refractivity (Wildman–Crippen MR) is 79.0 cm³/mol. The summed E-state index contributed by atoms with van der Waals surface area (Å²) in [5, 5.41) is 9.23. The van der Waals surface area contributed by atoms with Gasteiger partial charge in [-0.15, -0.1) is 0 Å². The molecular formula is C16H16F2N2O3. The number of hydrogen-bond acceptors (Lipinski definition) is 4. The smallest absolute Gasteiger partial charge is 0.387 e. The van der Waals surface area contributed by atoms with Crippen molar-refractivity contribution in [3.63, 3.8) is 0 Å². The second-order valence-electron chi connectivity index (χ2n) is 4.93. The summed E-state index contributed by atoms with van der Waals surface area (Å²) in [5.74, 6) is -0.507. The van der Waals surface area contributed by atoms with E-state index in [2.05, 4.69) is 4.74 Å². The highest BCUT2D eigenvalue weighted by atomic mass is 19.3. The van der Waals surface area contributed by atoms with E-state index in [0.29, 0.717) is 13.1 Å². The van der Waals surface area contributed by atoms with Gasteiger partial charge in [0.25, 0.3) is 5.91 Å². The topological polar surface area (TPSA) is 62.6 Å². The highest BCUT2D eigenvalue weighted by Crippen LogP contribution is 2.34. The molecular weight excluding hydrogens is 306 g/mol. The van der Waals surface area contributed by atoms with Crippen LogP contribution in [0.2, 0.25) is 0 Å². The minimum atomic E-state index is -3.04. The molecule has 1 aliphatic rings. The van der Waals surface area contributed by atoms with Crippen molar-refractivity contribution >= 4 is 12.0 Å². The number of carbonyl (C=O) groups excluding carboxylic acids is 1. The summed E-state index contributed by atoms with van der Waals surface area (Å²) < 4.78 is 34.7. The van der Waals surface area contributed by atoms with Crippen LogP contribution in [-0.2, 0) is 4.79 Å². The lowest BCUT2D eigenvalue weighted by Gasteiger charge is -2.15. The first-order valence-electron chi connectivity index (χ1n) is 7.09. The van der Waals surface area contributed by atoms with Gasteiger partial charge in [-0.25, -0.2) is 0 Å². The van der Waals surface area contributed by atoms with E-state index in [9.17, 15) is 18.8 Å². The van der Waals surface area contributed by atoms with Gasteiger partial charge in [0, 0.05) is 18.7 Å². The second kappa shape index (κ2) is 7.58. The number of likely N-dealkylation sites (tertiary alicyclic amines) is 1. The Morgan fingerprint density at radius 2 is 2.09 bits per heavy atom. The van der Waals surface area contributed by atoms with Gasteiger partial charge in [0.05, 0.1) is 7.11 Å². The molecule has 122 valence electrons. The number of amides is 1. The van der Waals surface area contributed by atoms with Crippen molar-refractivity contribution in [2.45, 2.75) is 19.5 Å². The number of nitrogens with zero attached hydrogens (tertiary/aromatic N) is 2. The fraction of sp³-hybridized carbons (Fsp3) is 0.375. The minimum absolute atomic E-state index is 0.102. The largest absolute Gasteiger partial charge is 0.493 e. The molecule has 0 aromatic heterocycles. The molecule has 0 spiro atoms. The third-order valence-corrected chi connectivity index (χ3v) is 3.48. The first-order chi connectivity index (χ1) is 11.1. The number of alkyl halides is 2. The molecule has 5 nitrogen and oxygen atoms in total. The lowest BCUT2D eigenvalue weighted by Crippen LogP contribution is -2.28. The van der Waals surface area contributed by atoms with Crippen LogP contribution in [0.15, 0.2) is 23.8 Å². The van der Waals surface area contributed by atoms with Gasteiger partial charge in [-0.05, 0) is 25.0 Å². The Kier molecular flexibility index (Phi) is 5.52. The van der Waals surface area contributed by atoms with Crippen LogP contribution >= 0.6 is 0 Å². The summed E-state index contributed by atoms with van der Waals surface area (Å²) in [7, 11) is 1.32. The highest BCUT2D eigenvalue weighted by molar-refractivity contribution is 6.02. The molecule has 1 aliphatic heterocycles. The Hall–Kier alpha value is -2.62. The van der Waals surface area contributed by atoms with Gasteiger partial charge in [-0.2, -0.15) is 14.0 Å². The zero-order valence-corrected chi connectivity index (χ0v) is 12.6. The van der Waals surface area contributed by atoms with Crippen LogP contribution in [0.4, 0.5) is 8.78 Å². The SMILES string of the molecule is COc1cccc(/C=C(\C#N)C(=O)N2CCCC2)c1OC(F)F. The van der Waals surface area contributed by atoms with Crippen molar-refractivity contribution in [1.29, 1.82) is 5.26 Å². The standard InChI is InChI=1S/C16H16F2N2O3/c1-22-13-6-4-5-11(14(13)23-16(17)18)9-12(10-19)15(21)20-7-2-3-8-20/h4-6,9,16H,2-3,7-8H2,1H3/b12-9+. The molecule has 0 bridgehead atoms. The second-order valence-corrected chi connectivity index (χ2v) is 4.93. The van der Waals surface area contributed by atoms with Crippen molar-refractivity contribution in [2.75, 3.05) is 20.2 Å². The third-order valence-electron chi connectivity index (χ3n) is 3.48. The average Bonchev–Trinajstić information content (AvgIpc) is 3.07. The quantitative estimate of drug-likeness (QED) is 0.618. The van der Waals surface area contributed by atoms with Crippen LogP contribution in [0.1, 0.15) is 18.4 Å². The third kappa shape index (κ3) is 3.97. The van der Waals surface area contributed by atoms with Gasteiger partial charge >= 0.3 is 6.61 Å². The molecule has 1 saturated heterocycles. The molecule has 1 fully saturated rings. The summed E-state index contributed by atoms with van der Waals surface area (Å²) in [6.45, 7) is -1.86. The number of ether oxygens (including phenoxy) is 2. The van der Waals surface area contributed by atoms with Crippen LogP contribution < -0.4 is 9.47 Å². The maximum absolute atomic E-state index is 12.6.